The van der Waals surface area contributed by atoms with Gasteiger partial charge in [0.1, 0.15) is 12.1 Å². The third kappa shape index (κ3) is 4.27. The fraction of sp³-hybridized carbons (Fsp3) is 0.875. The molecule has 0 radical (unpaired) electrons. The van der Waals surface area contributed by atoms with Gasteiger partial charge in [0, 0.05) is 21.3 Å². The second kappa shape index (κ2) is 6.43. The number of rotatable bonds is 8. The van der Waals surface area contributed by atoms with Crippen LogP contribution in [0.4, 0.5) is 0 Å². The summed E-state index contributed by atoms with van der Waals surface area (Å²) in [7, 11) is 3.50. The van der Waals surface area contributed by atoms with Gasteiger partial charge in [0.05, 0.1) is 0 Å². The standard InChI is InChI=1S/C16H30O2S2/c1-12(18)15(6,7)14(4,5)11-19-20-16(8,9)13(2,3)10-17/h10H,11H2,1-9H3. The van der Waals surface area contributed by atoms with E-state index in [0.717, 1.165) is 12.0 Å². The van der Waals surface area contributed by atoms with Crippen molar-refractivity contribution in [3.05, 3.63) is 0 Å². The summed E-state index contributed by atoms with van der Waals surface area (Å²) < 4.78 is -0.143. The molecule has 20 heavy (non-hydrogen) atoms. The highest BCUT2D eigenvalue weighted by Gasteiger charge is 2.42. The quantitative estimate of drug-likeness (QED) is 0.465. The number of Topliss-reactive ketones (excluding diaryl/α,β-unsaturated/α-hetero) is 1. The minimum absolute atomic E-state index is 0.0854. The van der Waals surface area contributed by atoms with Gasteiger partial charge in [-0.1, -0.05) is 63.1 Å². The molecule has 0 rings (SSSR count). The lowest BCUT2D eigenvalue weighted by molar-refractivity contribution is -0.129. The van der Waals surface area contributed by atoms with Crippen molar-refractivity contribution >= 4 is 33.7 Å². The van der Waals surface area contributed by atoms with Gasteiger partial charge in [0.2, 0.25) is 0 Å². The van der Waals surface area contributed by atoms with Crippen molar-refractivity contribution < 1.29 is 9.59 Å². The van der Waals surface area contributed by atoms with E-state index in [4.69, 9.17) is 0 Å². The molecule has 0 fully saturated rings. The number of aldehydes is 1. The van der Waals surface area contributed by atoms with Crippen LogP contribution < -0.4 is 0 Å². The molecule has 118 valence electrons. The van der Waals surface area contributed by atoms with Crippen molar-refractivity contribution in [2.75, 3.05) is 5.75 Å². The molecule has 0 spiro atoms. The van der Waals surface area contributed by atoms with Crippen LogP contribution in [0, 0.1) is 16.2 Å². The van der Waals surface area contributed by atoms with Gasteiger partial charge in [0.25, 0.3) is 0 Å². The smallest absolute Gasteiger partial charge is 0.135 e. The predicted molar refractivity (Wildman–Crippen MR) is 92.2 cm³/mol. The summed E-state index contributed by atoms with van der Waals surface area (Å²) in [6, 6.07) is 0. The van der Waals surface area contributed by atoms with E-state index in [9.17, 15) is 9.59 Å². The molecular weight excluding hydrogens is 288 g/mol. The van der Waals surface area contributed by atoms with E-state index in [1.165, 1.54) is 0 Å². The van der Waals surface area contributed by atoms with Crippen LogP contribution in [0.25, 0.3) is 0 Å². The molecule has 4 heteroatoms. The highest BCUT2D eigenvalue weighted by atomic mass is 33.1. The zero-order valence-electron chi connectivity index (χ0n) is 14.4. The van der Waals surface area contributed by atoms with Crippen LogP contribution >= 0.6 is 21.6 Å². The van der Waals surface area contributed by atoms with E-state index in [0.29, 0.717) is 0 Å². The number of carbonyl (C=O) groups is 2. The Bertz CT molecular complexity index is 369. The van der Waals surface area contributed by atoms with Crippen molar-refractivity contribution in [2.24, 2.45) is 16.2 Å². The Hall–Kier alpha value is 0.0400. The molecule has 0 atom stereocenters. The maximum Gasteiger partial charge on any atom is 0.135 e. The van der Waals surface area contributed by atoms with Crippen LogP contribution in [-0.4, -0.2) is 22.6 Å². The maximum atomic E-state index is 11.8. The van der Waals surface area contributed by atoms with E-state index < -0.39 is 0 Å². The summed E-state index contributed by atoms with van der Waals surface area (Å²) in [5.41, 5.74) is -0.798. The summed E-state index contributed by atoms with van der Waals surface area (Å²) >= 11 is 0. The Morgan fingerprint density at radius 2 is 1.45 bits per heavy atom. The Kier molecular flexibility index (Phi) is 6.44. The second-order valence-corrected chi connectivity index (χ2v) is 10.7. The lowest BCUT2D eigenvalue weighted by Gasteiger charge is -2.41. The van der Waals surface area contributed by atoms with Crippen LogP contribution in [0.3, 0.4) is 0 Å². The highest BCUT2D eigenvalue weighted by molar-refractivity contribution is 8.77. The van der Waals surface area contributed by atoms with E-state index in [2.05, 4.69) is 27.7 Å². The highest BCUT2D eigenvalue weighted by Crippen LogP contribution is 2.50. The van der Waals surface area contributed by atoms with Crippen LogP contribution in [0.2, 0.25) is 0 Å². The molecule has 2 nitrogen and oxygen atoms in total. The molecule has 0 bridgehead atoms. The first-order valence-corrected chi connectivity index (χ1v) is 9.31. The van der Waals surface area contributed by atoms with Gasteiger partial charge in [0.15, 0.2) is 0 Å². The summed E-state index contributed by atoms with van der Waals surface area (Å²) in [4.78, 5) is 23.0. The monoisotopic (exact) mass is 318 g/mol. The molecule has 0 amide bonds. The summed E-state index contributed by atoms with van der Waals surface area (Å²) in [5, 5.41) is 0. The Labute approximate surface area is 132 Å². The summed E-state index contributed by atoms with van der Waals surface area (Å²) in [6.45, 7) is 18.1. The molecule has 0 N–H and O–H groups in total. The topological polar surface area (TPSA) is 34.1 Å². The Morgan fingerprint density at radius 1 is 1.00 bits per heavy atom. The fourth-order valence-electron chi connectivity index (χ4n) is 1.23. The lowest BCUT2D eigenvalue weighted by atomic mass is 9.67. The zero-order chi connectivity index (χ0) is 16.4. The Balaban J connectivity index is 4.74. The molecule has 0 aliphatic heterocycles. The zero-order valence-corrected chi connectivity index (χ0v) is 16.1. The molecule has 0 aliphatic carbocycles. The molecule has 0 aromatic carbocycles. The first kappa shape index (κ1) is 20.0. The molecular formula is C16H30O2S2. The largest absolute Gasteiger partial charge is 0.303 e. The first-order chi connectivity index (χ1) is 8.71. The van der Waals surface area contributed by atoms with Crippen molar-refractivity contribution in [3.8, 4) is 0 Å². The van der Waals surface area contributed by atoms with Gasteiger partial charge in [-0.2, -0.15) is 0 Å². The van der Waals surface area contributed by atoms with Crippen molar-refractivity contribution in [2.45, 2.75) is 67.1 Å². The molecule has 0 unspecified atom stereocenters. The SMILES string of the molecule is CC(=O)C(C)(C)C(C)(C)CSSC(C)(C)C(C)(C)C=O. The summed E-state index contributed by atoms with van der Waals surface area (Å²) in [5.74, 6) is 1.10. The average molecular weight is 319 g/mol. The van der Waals surface area contributed by atoms with Gasteiger partial charge in [-0.25, -0.2) is 0 Å². The number of hydrogen-bond acceptors (Lipinski definition) is 4. The fourth-order valence-corrected chi connectivity index (χ4v) is 5.09. The minimum Gasteiger partial charge on any atom is -0.303 e. The summed E-state index contributed by atoms with van der Waals surface area (Å²) in [6.07, 6.45) is 1.03. The third-order valence-electron chi connectivity index (χ3n) is 5.11. The second-order valence-electron chi connectivity index (χ2n) is 7.76. The van der Waals surface area contributed by atoms with E-state index in [1.54, 1.807) is 28.5 Å². The number of ketones is 1. The van der Waals surface area contributed by atoms with Gasteiger partial charge < -0.3 is 4.79 Å². The number of carbonyl (C=O) groups excluding carboxylic acids is 2. The van der Waals surface area contributed by atoms with Crippen molar-refractivity contribution in [1.82, 2.24) is 0 Å². The van der Waals surface area contributed by atoms with Crippen LogP contribution in [0.15, 0.2) is 0 Å². The average Bonchev–Trinajstić information content (AvgIpc) is 2.27. The van der Waals surface area contributed by atoms with Gasteiger partial charge in [-0.3, -0.25) is 4.79 Å². The number of hydrogen-bond donors (Lipinski definition) is 0. The van der Waals surface area contributed by atoms with Crippen LogP contribution in [-0.2, 0) is 9.59 Å². The molecule has 0 saturated heterocycles. The normalized spacial score (nSPS) is 14.2. The van der Waals surface area contributed by atoms with E-state index in [-0.39, 0.29) is 26.8 Å². The van der Waals surface area contributed by atoms with Gasteiger partial charge in [-0.15, -0.1) is 0 Å². The molecule has 0 heterocycles. The van der Waals surface area contributed by atoms with E-state index in [1.807, 2.05) is 27.7 Å². The molecule has 0 saturated carbocycles. The first-order valence-electron chi connectivity index (χ1n) is 6.99. The molecule has 0 aliphatic rings. The van der Waals surface area contributed by atoms with Crippen molar-refractivity contribution in [3.63, 3.8) is 0 Å². The predicted octanol–water partition coefficient (Wildman–Crippen LogP) is 5.01. The van der Waals surface area contributed by atoms with Gasteiger partial charge in [-0.05, 0) is 26.2 Å². The Morgan fingerprint density at radius 3 is 1.80 bits per heavy atom. The van der Waals surface area contributed by atoms with E-state index >= 15 is 0 Å². The van der Waals surface area contributed by atoms with Crippen LogP contribution in [0.5, 0.6) is 0 Å². The lowest BCUT2D eigenvalue weighted by Crippen LogP contribution is -2.40. The van der Waals surface area contributed by atoms with Gasteiger partial charge >= 0.3 is 0 Å². The maximum absolute atomic E-state index is 11.8. The third-order valence-corrected chi connectivity index (χ3v) is 8.96. The molecule has 0 aromatic rings. The van der Waals surface area contributed by atoms with Crippen molar-refractivity contribution in [1.29, 1.82) is 0 Å². The molecule has 0 aromatic heterocycles. The minimum atomic E-state index is -0.370. The van der Waals surface area contributed by atoms with Crippen LogP contribution in [0.1, 0.15) is 62.3 Å².